The molecule has 1 aromatic carbocycles. The number of carboxylic acid groups (broad SMARTS) is 1. The van der Waals surface area contributed by atoms with Crippen LogP contribution in [0, 0.1) is 11.7 Å². The lowest BCUT2D eigenvalue weighted by atomic mass is 9.91. The summed E-state index contributed by atoms with van der Waals surface area (Å²) in [5.74, 6) is -1.34. The van der Waals surface area contributed by atoms with Crippen LogP contribution in [0.5, 0.6) is 0 Å². The van der Waals surface area contributed by atoms with Crippen molar-refractivity contribution in [2.45, 2.75) is 18.9 Å². The lowest BCUT2D eigenvalue weighted by Crippen LogP contribution is -2.41. The van der Waals surface area contributed by atoms with Crippen LogP contribution < -0.4 is 4.90 Å². The van der Waals surface area contributed by atoms with Crippen molar-refractivity contribution in [2.24, 2.45) is 5.92 Å². The Bertz CT molecular complexity index is 718. The van der Waals surface area contributed by atoms with Crippen LogP contribution in [0.15, 0.2) is 30.5 Å². The van der Waals surface area contributed by atoms with E-state index in [0.717, 1.165) is 5.56 Å². The third-order valence-corrected chi connectivity index (χ3v) is 4.21. The molecule has 3 rings (SSSR count). The second-order valence-corrected chi connectivity index (χ2v) is 5.76. The van der Waals surface area contributed by atoms with Crippen LogP contribution in [0.2, 0.25) is 0 Å². The van der Waals surface area contributed by atoms with E-state index in [1.54, 1.807) is 12.1 Å². The van der Waals surface area contributed by atoms with Gasteiger partial charge in [0.15, 0.2) is 6.10 Å². The lowest BCUT2D eigenvalue weighted by molar-refractivity contribution is -0.150. The lowest BCUT2D eigenvalue weighted by Gasteiger charge is -2.32. The van der Waals surface area contributed by atoms with Crippen molar-refractivity contribution in [3.63, 3.8) is 0 Å². The van der Waals surface area contributed by atoms with Crippen molar-refractivity contribution in [2.75, 3.05) is 18.0 Å². The van der Waals surface area contributed by atoms with Gasteiger partial charge < -0.3 is 15.1 Å². The van der Waals surface area contributed by atoms with E-state index in [-0.39, 0.29) is 11.7 Å². The molecule has 1 atom stereocenters. The molecule has 126 valence electrons. The number of aromatic nitrogens is 3. The van der Waals surface area contributed by atoms with Crippen LogP contribution in [0.3, 0.4) is 0 Å². The number of benzene rings is 1. The van der Waals surface area contributed by atoms with Gasteiger partial charge in [-0.05, 0) is 43.0 Å². The zero-order valence-electron chi connectivity index (χ0n) is 12.8. The molecule has 1 aromatic heterocycles. The molecule has 1 fully saturated rings. The summed E-state index contributed by atoms with van der Waals surface area (Å²) in [6.07, 6.45) is 1.25. The molecule has 7 nitrogen and oxygen atoms in total. The Morgan fingerprint density at radius 3 is 2.54 bits per heavy atom. The van der Waals surface area contributed by atoms with Gasteiger partial charge in [-0.3, -0.25) is 0 Å². The quantitative estimate of drug-likeness (QED) is 0.871. The number of piperidine rings is 1. The number of anilines is 1. The summed E-state index contributed by atoms with van der Waals surface area (Å²) < 4.78 is 13.0. The zero-order valence-corrected chi connectivity index (χ0v) is 12.8. The minimum absolute atomic E-state index is 0.271. The monoisotopic (exact) mass is 332 g/mol. The average molecular weight is 332 g/mol. The van der Waals surface area contributed by atoms with E-state index in [1.807, 2.05) is 4.90 Å². The molecule has 2 heterocycles. The Morgan fingerprint density at radius 1 is 1.25 bits per heavy atom. The molecular formula is C16H17FN4O3. The van der Waals surface area contributed by atoms with Gasteiger partial charge in [0.1, 0.15) is 5.82 Å². The second-order valence-electron chi connectivity index (χ2n) is 5.76. The summed E-state index contributed by atoms with van der Waals surface area (Å²) in [6.45, 7) is 1.09. The number of carboxylic acids is 1. The summed E-state index contributed by atoms with van der Waals surface area (Å²) in [6, 6.07) is 5.96. The van der Waals surface area contributed by atoms with Gasteiger partial charge >= 0.3 is 5.97 Å². The molecule has 1 unspecified atom stereocenters. The standard InChI is InChI=1S/C16H17FN4O3/c17-12-3-1-10(2-4-12)13-9-18-20-16(19-13)21-7-5-11(6-8-21)14(22)15(23)24/h1-4,9,11,14,22H,5-8H2,(H,23,24). The highest BCUT2D eigenvalue weighted by Crippen LogP contribution is 2.24. The number of hydrogen-bond acceptors (Lipinski definition) is 6. The minimum atomic E-state index is -1.34. The number of nitrogens with zero attached hydrogens (tertiary/aromatic N) is 4. The van der Waals surface area contributed by atoms with Crippen LogP contribution in [0.4, 0.5) is 10.3 Å². The fraction of sp³-hybridized carbons (Fsp3) is 0.375. The molecule has 0 saturated carbocycles. The molecule has 0 spiro atoms. The van der Waals surface area contributed by atoms with Gasteiger partial charge in [0.2, 0.25) is 5.95 Å². The molecule has 24 heavy (non-hydrogen) atoms. The van der Waals surface area contributed by atoms with Crippen molar-refractivity contribution in [1.82, 2.24) is 15.2 Å². The molecule has 2 aromatic rings. The third kappa shape index (κ3) is 3.48. The molecule has 8 heteroatoms. The maximum Gasteiger partial charge on any atom is 0.332 e. The van der Waals surface area contributed by atoms with Gasteiger partial charge in [-0.1, -0.05) is 0 Å². The van der Waals surface area contributed by atoms with Gasteiger partial charge in [-0.15, -0.1) is 5.10 Å². The normalized spacial score (nSPS) is 16.8. The molecule has 2 N–H and O–H groups in total. The maximum absolute atomic E-state index is 13.0. The summed E-state index contributed by atoms with van der Waals surface area (Å²) >= 11 is 0. The second kappa shape index (κ2) is 6.88. The first kappa shape index (κ1) is 16.3. The number of carbonyl (C=O) groups is 1. The molecule has 0 radical (unpaired) electrons. The number of aliphatic hydroxyl groups is 1. The number of rotatable bonds is 4. The largest absolute Gasteiger partial charge is 0.479 e. The molecule has 0 aliphatic carbocycles. The van der Waals surface area contributed by atoms with Crippen molar-refractivity contribution in [1.29, 1.82) is 0 Å². The minimum Gasteiger partial charge on any atom is -0.479 e. The van der Waals surface area contributed by atoms with Gasteiger partial charge in [0, 0.05) is 18.7 Å². The van der Waals surface area contributed by atoms with Gasteiger partial charge in [-0.25, -0.2) is 14.2 Å². The zero-order chi connectivity index (χ0) is 17.1. The van der Waals surface area contributed by atoms with Crippen LogP contribution >= 0.6 is 0 Å². The predicted molar refractivity (Wildman–Crippen MR) is 83.8 cm³/mol. The average Bonchev–Trinajstić information content (AvgIpc) is 2.62. The van der Waals surface area contributed by atoms with E-state index in [0.29, 0.717) is 37.6 Å². The van der Waals surface area contributed by atoms with E-state index >= 15 is 0 Å². The number of aliphatic hydroxyl groups excluding tert-OH is 1. The van der Waals surface area contributed by atoms with E-state index in [4.69, 9.17) is 5.11 Å². The molecule has 1 saturated heterocycles. The molecule has 1 aliphatic rings. The van der Waals surface area contributed by atoms with E-state index < -0.39 is 12.1 Å². The number of aliphatic carboxylic acids is 1. The Hall–Kier alpha value is -2.61. The highest BCUT2D eigenvalue weighted by atomic mass is 19.1. The van der Waals surface area contributed by atoms with Crippen LogP contribution in [-0.4, -0.2) is 50.6 Å². The molecular weight excluding hydrogens is 315 g/mol. The SMILES string of the molecule is O=C(O)C(O)C1CCN(c2nncc(-c3ccc(F)cc3)n2)CC1. The van der Waals surface area contributed by atoms with Crippen molar-refractivity contribution >= 4 is 11.9 Å². The van der Waals surface area contributed by atoms with Crippen molar-refractivity contribution in [3.05, 3.63) is 36.3 Å². The maximum atomic E-state index is 13.0. The van der Waals surface area contributed by atoms with E-state index in [9.17, 15) is 14.3 Å². The highest BCUT2D eigenvalue weighted by Gasteiger charge is 2.30. The highest BCUT2D eigenvalue weighted by molar-refractivity contribution is 5.72. The predicted octanol–water partition coefficient (Wildman–Crippen LogP) is 1.34. The topological polar surface area (TPSA) is 99.4 Å². The first-order chi connectivity index (χ1) is 11.5. The van der Waals surface area contributed by atoms with Crippen molar-refractivity contribution < 1.29 is 19.4 Å². The van der Waals surface area contributed by atoms with Crippen molar-refractivity contribution in [3.8, 4) is 11.3 Å². The summed E-state index contributed by atoms with van der Waals surface area (Å²) in [7, 11) is 0. The molecule has 0 amide bonds. The summed E-state index contributed by atoms with van der Waals surface area (Å²) in [5.41, 5.74) is 1.33. The Labute approximate surface area is 137 Å². The summed E-state index contributed by atoms with van der Waals surface area (Å²) in [4.78, 5) is 17.2. The van der Waals surface area contributed by atoms with E-state index in [1.165, 1.54) is 18.3 Å². The van der Waals surface area contributed by atoms with Gasteiger partial charge in [-0.2, -0.15) is 5.10 Å². The first-order valence-electron chi connectivity index (χ1n) is 7.66. The fourth-order valence-electron chi connectivity index (χ4n) is 2.80. The van der Waals surface area contributed by atoms with Gasteiger partial charge in [0.05, 0.1) is 11.9 Å². The molecule has 0 bridgehead atoms. The third-order valence-electron chi connectivity index (χ3n) is 4.21. The smallest absolute Gasteiger partial charge is 0.332 e. The Kier molecular flexibility index (Phi) is 4.66. The van der Waals surface area contributed by atoms with Gasteiger partial charge in [0.25, 0.3) is 0 Å². The summed E-state index contributed by atoms with van der Waals surface area (Å²) in [5, 5.41) is 26.5. The number of halogens is 1. The Morgan fingerprint density at radius 2 is 1.92 bits per heavy atom. The van der Waals surface area contributed by atoms with Crippen LogP contribution in [0.25, 0.3) is 11.3 Å². The first-order valence-corrected chi connectivity index (χ1v) is 7.66. The fourth-order valence-corrected chi connectivity index (χ4v) is 2.80. The number of hydrogen-bond donors (Lipinski definition) is 2. The van der Waals surface area contributed by atoms with E-state index in [2.05, 4.69) is 15.2 Å². The van der Waals surface area contributed by atoms with Crippen LogP contribution in [0.1, 0.15) is 12.8 Å². The molecule has 1 aliphatic heterocycles. The Balaban J connectivity index is 1.71. The van der Waals surface area contributed by atoms with Crippen LogP contribution in [-0.2, 0) is 4.79 Å².